The summed E-state index contributed by atoms with van der Waals surface area (Å²) < 4.78 is 32.6. The van der Waals surface area contributed by atoms with Crippen molar-refractivity contribution < 1.29 is 47.8 Å². The zero-order chi connectivity index (χ0) is 39.8. The molecule has 0 aliphatic heterocycles. The van der Waals surface area contributed by atoms with Crippen molar-refractivity contribution in [2.45, 2.75) is 174 Å². The number of ether oxygens (including phenoxy) is 2. The molecule has 0 aliphatic rings. The number of phosphoric acid groups is 1. The molecule has 312 valence electrons. The van der Waals surface area contributed by atoms with Gasteiger partial charge in [0.1, 0.15) is 12.7 Å². The largest absolute Gasteiger partial charge is 0.472 e. The van der Waals surface area contributed by atoms with Crippen molar-refractivity contribution in [1.29, 1.82) is 0 Å². The van der Waals surface area contributed by atoms with Crippen LogP contribution in [0.5, 0.6) is 0 Å². The molecule has 3 N–H and O–H groups in total. The van der Waals surface area contributed by atoms with Gasteiger partial charge in [0.15, 0.2) is 6.10 Å². The maximum atomic E-state index is 12.6. The van der Waals surface area contributed by atoms with E-state index in [0.29, 0.717) is 12.8 Å². The normalized spacial score (nSPS) is 14.5. The summed E-state index contributed by atoms with van der Waals surface area (Å²) in [5.41, 5.74) is 0. The molecule has 1 unspecified atom stereocenters. The van der Waals surface area contributed by atoms with Gasteiger partial charge < -0.3 is 24.6 Å². The van der Waals surface area contributed by atoms with Crippen LogP contribution < -0.4 is 0 Å². The van der Waals surface area contributed by atoms with E-state index in [1.54, 1.807) is 0 Å². The number of unbranched alkanes of at least 4 members (excludes halogenated alkanes) is 14. The molecule has 0 spiro atoms. The maximum Gasteiger partial charge on any atom is 0.472 e. The third-order valence-corrected chi connectivity index (χ3v) is 9.35. The summed E-state index contributed by atoms with van der Waals surface area (Å²) in [6, 6.07) is 0. The molecule has 0 amide bonds. The number of phosphoric ester groups is 1. The summed E-state index contributed by atoms with van der Waals surface area (Å²) in [6.45, 7) is 2.26. The summed E-state index contributed by atoms with van der Waals surface area (Å²) in [5.74, 6) is -0.977. The standard InChI is InChI=1S/C43H75O10P/c1-3-5-7-9-11-13-15-17-18-19-20-21-22-23-25-27-29-31-33-35-43(47)53-41(39-52-54(48,49)51-37-40(45)36-44)38-50-42(46)34-32-30-28-26-24-16-14-12-10-8-6-4-2/h11-14,17-18,20-21,23,25,40-41,44-45H,3-10,15-16,19,22,24,26-39H2,1-2H3,(H,48,49)/b13-11+,14-12+,18-17+,21-20+,25-23+/t40-,41+/m0/s1. The van der Waals surface area contributed by atoms with Gasteiger partial charge in [0.2, 0.25) is 0 Å². The minimum absolute atomic E-state index is 0.143. The Kier molecular flexibility index (Phi) is 37.2. The van der Waals surface area contributed by atoms with Crippen LogP contribution in [0.1, 0.15) is 162 Å². The molecule has 0 saturated heterocycles. The first-order valence-corrected chi connectivity index (χ1v) is 22.2. The molecule has 0 heterocycles. The molecule has 0 radical (unpaired) electrons. The van der Waals surface area contributed by atoms with Gasteiger partial charge >= 0.3 is 19.8 Å². The minimum atomic E-state index is -4.63. The third-order valence-electron chi connectivity index (χ3n) is 8.39. The van der Waals surface area contributed by atoms with E-state index in [1.165, 1.54) is 44.9 Å². The van der Waals surface area contributed by atoms with Crippen molar-refractivity contribution in [3.05, 3.63) is 60.8 Å². The highest BCUT2D eigenvalue weighted by molar-refractivity contribution is 7.47. The lowest BCUT2D eigenvalue weighted by atomic mass is 10.1. The number of esters is 2. The highest BCUT2D eigenvalue weighted by atomic mass is 31.2. The molecule has 0 aromatic rings. The van der Waals surface area contributed by atoms with Gasteiger partial charge in [-0.15, -0.1) is 0 Å². The van der Waals surface area contributed by atoms with Gasteiger partial charge in [-0.2, -0.15) is 0 Å². The Morgan fingerprint density at radius 3 is 1.48 bits per heavy atom. The second-order valence-corrected chi connectivity index (χ2v) is 15.1. The zero-order valence-electron chi connectivity index (χ0n) is 33.7. The predicted molar refractivity (Wildman–Crippen MR) is 219 cm³/mol. The first-order chi connectivity index (χ1) is 26.2. The minimum Gasteiger partial charge on any atom is -0.462 e. The Morgan fingerprint density at radius 2 is 0.963 bits per heavy atom. The van der Waals surface area contributed by atoms with E-state index in [9.17, 15) is 24.2 Å². The molecule has 3 atom stereocenters. The number of aliphatic hydroxyl groups is 2. The molecule has 11 heteroatoms. The third kappa shape index (κ3) is 38.0. The van der Waals surface area contributed by atoms with Gasteiger partial charge in [0, 0.05) is 12.8 Å². The number of hydrogen-bond acceptors (Lipinski definition) is 9. The molecule has 0 bridgehead atoms. The number of aliphatic hydroxyl groups excluding tert-OH is 2. The molecular weight excluding hydrogens is 707 g/mol. The quantitative estimate of drug-likeness (QED) is 0.0239. The topological polar surface area (TPSA) is 149 Å². The van der Waals surface area contributed by atoms with Crippen molar-refractivity contribution in [3.63, 3.8) is 0 Å². The van der Waals surface area contributed by atoms with Crippen molar-refractivity contribution in [2.75, 3.05) is 26.4 Å². The lowest BCUT2D eigenvalue weighted by molar-refractivity contribution is -0.161. The maximum absolute atomic E-state index is 12.6. The first kappa shape index (κ1) is 51.7. The highest BCUT2D eigenvalue weighted by Crippen LogP contribution is 2.43. The fraction of sp³-hybridized carbons (Fsp3) is 0.721. The van der Waals surface area contributed by atoms with Crippen LogP contribution >= 0.6 is 7.82 Å². The average molecular weight is 783 g/mol. The van der Waals surface area contributed by atoms with Crippen LogP contribution in [0.25, 0.3) is 0 Å². The highest BCUT2D eigenvalue weighted by Gasteiger charge is 2.27. The van der Waals surface area contributed by atoms with Gasteiger partial charge in [-0.25, -0.2) is 4.57 Å². The number of carbonyl (C=O) groups is 2. The van der Waals surface area contributed by atoms with Crippen LogP contribution in [0.2, 0.25) is 0 Å². The Morgan fingerprint density at radius 1 is 0.556 bits per heavy atom. The van der Waals surface area contributed by atoms with Crippen LogP contribution in [0, 0.1) is 0 Å². The van der Waals surface area contributed by atoms with E-state index in [4.69, 9.17) is 19.1 Å². The summed E-state index contributed by atoms with van der Waals surface area (Å²) >= 11 is 0. The Labute approximate surface area is 327 Å². The number of hydrogen-bond donors (Lipinski definition) is 3. The Hall–Kier alpha value is -2.33. The summed E-state index contributed by atoms with van der Waals surface area (Å²) in [4.78, 5) is 34.9. The second kappa shape index (κ2) is 38.9. The monoisotopic (exact) mass is 783 g/mol. The van der Waals surface area contributed by atoms with E-state index < -0.39 is 51.8 Å². The Bertz CT molecular complexity index is 1080. The average Bonchev–Trinajstić information content (AvgIpc) is 3.16. The van der Waals surface area contributed by atoms with E-state index in [1.807, 2.05) is 0 Å². The second-order valence-electron chi connectivity index (χ2n) is 13.7. The fourth-order valence-corrected chi connectivity index (χ4v) is 5.94. The van der Waals surface area contributed by atoms with Crippen LogP contribution in [0.15, 0.2) is 60.8 Å². The zero-order valence-corrected chi connectivity index (χ0v) is 34.6. The van der Waals surface area contributed by atoms with Crippen molar-refractivity contribution in [3.8, 4) is 0 Å². The molecule has 10 nitrogen and oxygen atoms in total. The number of allylic oxidation sites excluding steroid dienone is 10. The first-order valence-electron chi connectivity index (χ1n) is 20.7. The molecule has 0 saturated carbocycles. The van der Waals surface area contributed by atoms with Crippen LogP contribution in [-0.4, -0.2) is 65.7 Å². The van der Waals surface area contributed by atoms with Crippen LogP contribution in [0.3, 0.4) is 0 Å². The van der Waals surface area contributed by atoms with Gasteiger partial charge in [-0.1, -0.05) is 126 Å². The van der Waals surface area contributed by atoms with E-state index in [0.717, 1.165) is 77.0 Å². The fourth-order valence-electron chi connectivity index (χ4n) is 5.15. The van der Waals surface area contributed by atoms with Crippen molar-refractivity contribution in [2.24, 2.45) is 0 Å². The van der Waals surface area contributed by atoms with Crippen molar-refractivity contribution >= 4 is 19.8 Å². The molecule has 0 fully saturated rings. The van der Waals surface area contributed by atoms with E-state index in [2.05, 4.69) is 79.1 Å². The predicted octanol–water partition coefficient (Wildman–Crippen LogP) is 10.7. The lowest BCUT2D eigenvalue weighted by Crippen LogP contribution is -2.29. The van der Waals surface area contributed by atoms with Gasteiger partial charge in [0.25, 0.3) is 0 Å². The molecule has 54 heavy (non-hydrogen) atoms. The molecule has 0 aromatic carbocycles. The molecule has 0 aromatic heterocycles. The van der Waals surface area contributed by atoms with Gasteiger partial charge in [-0.05, 0) is 83.5 Å². The van der Waals surface area contributed by atoms with Crippen molar-refractivity contribution in [1.82, 2.24) is 0 Å². The summed E-state index contributed by atoms with van der Waals surface area (Å²) in [7, 11) is -4.63. The van der Waals surface area contributed by atoms with Crippen LogP contribution in [-0.2, 0) is 32.7 Å². The van der Waals surface area contributed by atoms with Crippen LogP contribution in [0.4, 0.5) is 0 Å². The summed E-state index contributed by atoms with van der Waals surface area (Å²) in [6.07, 6.45) is 41.9. The summed E-state index contributed by atoms with van der Waals surface area (Å²) in [5, 5.41) is 18.3. The molecule has 0 aliphatic carbocycles. The molecular formula is C43H75O10P. The van der Waals surface area contributed by atoms with E-state index >= 15 is 0 Å². The smallest absolute Gasteiger partial charge is 0.462 e. The molecule has 0 rings (SSSR count). The number of carbonyl (C=O) groups excluding carboxylic acids is 2. The van der Waals surface area contributed by atoms with Gasteiger partial charge in [-0.3, -0.25) is 18.6 Å². The van der Waals surface area contributed by atoms with E-state index in [-0.39, 0.29) is 19.4 Å². The number of rotatable bonds is 38. The lowest BCUT2D eigenvalue weighted by Gasteiger charge is -2.20. The SMILES string of the molecule is CCCCC/C=C/C/C=C/C/C=C/C/C=C/CCCCCC(=O)O[C@H](COC(=O)CCCCCCC/C=C/CCCCC)COP(=O)(O)OC[C@@H](O)CO. The van der Waals surface area contributed by atoms with Gasteiger partial charge in [0.05, 0.1) is 19.8 Å². The Balaban J connectivity index is 4.41.